The van der Waals surface area contributed by atoms with Crippen LogP contribution in [0.5, 0.6) is 0 Å². The molecular weight excluding hydrogens is 272 g/mol. The third-order valence-electron chi connectivity index (χ3n) is 2.86. The maximum atomic E-state index is 13.1. The van der Waals surface area contributed by atoms with Crippen molar-refractivity contribution in [2.24, 2.45) is 0 Å². The second-order valence-electron chi connectivity index (χ2n) is 4.12. The number of nitrogens with zero attached hydrogens (tertiary/aromatic N) is 1. The lowest BCUT2D eigenvalue weighted by Gasteiger charge is -2.18. The van der Waals surface area contributed by atoms with Crippen LogP contribution >= 0.6 is 23.2 Å². The first-order valence-corrected chi connectivity index (χ1v) is 6.41. The summed E-state index contributed by atoms with van der Waals surface area (Å²) in [4.78, 5) is 4.27. The van der Waals surface area contributed by atoms with Crippen LogP contribution in [-0.2, 0) is 0 Å². The van der Waals surface area contributed by atoms with Gasteiger partial charge in [0.1, 0.15) is 5.82 Å². The summed E-state index contributed by atoms with van der Waals surface area (Å²) in [6.45, 7) is 1.98. The van der Waals surface area contributed by atoms with Crippen LogP contribution < -0.4 is 0 Å². The zero-order valence-corrected chi connectivity index (χ0v) is 11.3. The Balaban J connectivity index is 2.25. The van der Waals surface area contributed by atoms with Gasteiger partial charge in [-0.2, -0.15) is 0 Å². The van der Waals surface area contributed by atoms with Crippen LogP contribution in [0.25, 0.3) is 0 Å². The monoisotopic (exact) mass is 283 g/mol. The SMILES string of the molecule is CC(c1ccccn1)C(Cl)c1ccc(F)c(Cl)c1. The summed E-state index contributed by atoms with van der Waals surface area (Å²) >= 11 is 12.2. The Labute approximate surface area is 116 Å². The molecule has 1 heterocycles. The van der Waals surface area contributed by atoms with Crippen molar-refractivity contribution in [1.82, 2.24) is 4.98 Å². The van der Waals surface area contributed by atoms with Gasteiger partial charge in [0.2, 0.25) is 0 Å². The van der Waals surface area contributed by atoms with E-state index in [1.807, 2.05) is 25.1 Å². The van der Waals surface area contributed by atoms with Crippen molar-refractivity contribution >= 4 is 23.2 Å². The lowest BCUT2D eigenvalue weighted by atomic mass is 9.97. The van der Waals surface area contributed by atoms with Crippen LogP contribution in [0.2, 0.25) is 5.02 Å². The van der Waals surface area contributed by atoms with E-state index < -0.39 is 5.82 Å². The highest BCUT2D eigenvalue weighted by Crippen LogP contribution is 2.36. The first-order chi connectivity index (χ1) is 8.59. The topological polar surface area (TPSA) is 12.9 Å². The Hall–Kier alpha value is -1.12. The number of benzene rings is 1. The van der Waals surface area contributed by atoms with Gasteiger partial charge >= 0.3 is 0 Å². The summed E-state index contributed by atoms with van der Waals surface area (Å²) in [5.41, 5.74) is 1.69. The molecule has 1 aromatic heterocycles. The number of rotatable bonds is 3. The van der Waals surface area contributed by atoms with E-state index in [2.05, 4.69) is 4.98 Å². The number of alkyl halides is 1. The highest BCUT2D eigenvalue weighted by atomic mass is 35.5. The molecule has 0 radical (unpaired) electrons. The summed E-state index contributed by atoms with van der Waals surface area (Å²) in [6, 6.07) is 10.2. The highest BCUT2D eigenvalue weighted by Gasteiger charge is 2.20. The standard InChI is InChI=1S/C14H12Cl2FN/c1-9(13-4-2-3-7-18-13)14(16)10-5-6-12(17)11(15)8-10/h2-9,14H,1H3. The Morgan fingerprint density at radius 3 is 2.61 bits per heavy atom. The average molecular weight is 284 g/mol. The number of hydrogen-bond donors (Lipinski definition) is 0. The molecule has 2 unspecified atom stereocenters. The molecular formula is C14H12Cl2FN. The largest absolute Gasteiger partial charge is 0.261 e. The molecule has 0 saturated heterocycles. The Bertz CT molecular complexity index is 531. The Morgan fingerprint density at radius 2 is 2.00 bits per heavy atom. The van der Waals surface area contributed by atoms with E-state index >= 15 is 0 Å². The molecule has 2 atom stereocenters. The van der Waals surface area contributed by atoms with Gasteiger partial charge in [0.15, 0.2) is 0 Å². The van der Waals surface area contributed by atoms with Gasteiger partial charge in [-0.05, 0) is 29.8 Å². The van der Waals surface area contributed by atoms with Crippen molar-refractivity contribution < 1.29 is 4.39 Å². The minimum absolute atomic E-state index is 0.0226. The number of halogens is 3. The summed E-state index contributed by atoms with van der Waals surface area (Å²) in [5, 5.41) is -0.204. The predicted molar refractivity (Wildman–Crippen MR) is 72.7 cm³/mol. The lowest BCUT2D eigenvalue weighted by Crippen LogP contribution is -2.04. The van der Waals surface area contributed by atoms with E-state index in [0.29, 0.717) is 0 Å². The summed E-state index contributed by atoms with van der Waals surface area (Å²) in [6.07, 6.45) is 1.73. The molecule has 4 heteroatoms. The third kappa shape index (κ3) is 2.82. The molecule has 0 aliphatic rings. The molecule has 1 nitrogen and oxygen atoms in total. The molecule has 0 amide bonds. The van der Waals surface area contributed by atoms with Gasteiger partial charge in [-0.1, -0.05) is 30.7 Å². The number of hydrogen-bond acceptors (Lipinski definition) is 1. The van der Waals surface area contributed by atoms with Crippen molar-refractivity contribution in [1.29, 1.82) is 0 Å². The van der Waals surface area contributed by atoms with Crippen molar-refractivity contribution in [2.45, 2.75) is 18.2 Å². The van der Waals surface area contributed by atoms with E-state index in [1.165, 1.54) is 6.07 Å². The minimum Gasteiger partial charge on any atom is -0.261 e. The fourth-order valence-corrected chi connectivity index (χ4v) is 2.22. The van der Waals surface area contributed by atoms with Crippen molar-refractivity contribution in [2.75, 3.05) is 0 Å². The van der Waals surface area contributed by atoms with Crippen molar-refractivity contribution in [3.63, 3.8) is 0 Å². The van der Waals surface area contributed by atoms with Gasteiger partial charge in [-0.15, -0.1) is 11.6 Å². The highest BCUT2D eigenvalue weighted by molar-refractivity contribution is 6.31. The lowest BCUT2D eigenvalue weighted by molar-refractivity contribution is 0.625. The second-order valence-corrected chi connectivity index (χ2v) is 5.00. The van der Waals surface area contributed by atoms with Gasteiger partial charge in [-0.25, -0.2) is 4.39 Å². The molecule has 0 fully saturated rings. The molecule has 0 saturated carbocycles. The smallest absolute Gasteiger partial charge is 0.141 e. The molecule has 18 heavy (non-hydrogen) atoms. The van der Waals surface area contributed by atoms with E-state index in [9.17, 15) is 4.39 Å². The summed E-state index contributed by atoms with van der Waals surface area (Å²) < 4.78 is 13.1. The molecule has 94 valence electrons. The van der Waals surface area contributed by atoms with E-state index in [0.717, 1.165) is 11.3 Å². The molecule has 0 bridgehead atoms. The van der Waals surface area contributed by atoms with Gasteiger partial charge < -0.3 is 0 Å². The van der Waals surface area contributed by atoms with Crippen molar-refractivity contribution in [3.8, 4) is 0 Å². The molecule has 0 aliphatic heterocycles. The quantitative estimate of drug-likeness (QED) is 0.726. The maximum absolute atomic E-state index is 13.1. The van der Waals surface area contributed by atoms with Gasteiger partial charge in [-0.3, -0.25) is 4.98 Å². The number of aromatic nitrogens is 1. The fraction of sp³-hybridized carbons (Fsp3) is 0.214. The van der Waals surface area contributed by atoms with Crippen LogP contribution in [0.4, 0.5) is 4.39 Å². The second kappa shape index (κ2) is 5.68. The van der Waals surface area contributed by atoms with Crippen molar-refractivity contribution in [3.05, 3.63) is 64.7 Å². The predicted octanol–water partition coefficient (Wildman–Crippen LogP) is 4.96. The molecule has 0 spiro atoms. The third-order valence-corrected chi connectivity index (χ3v) is 3.77. The Morgan fingerprint density at radius 1 is 1.22 bits per heavy atom. The van der Waals surface area contributed by atoms with Crippen LogP contribution in [0, 0.1) is 5.82 Å². The van der Waals surface area contributed by atoms with Crippen LogP contribution in [0.3, 0.4) is 0 Å². The van der Waals surface area contributed by atoms with Gasteiger partial charge in [0, 0.05) is 17.8 Å². The van der Waals surface area contributed by atoms with Crippen LogP contribution in [0.15, 0.2) is 42.6 Å². The van der Waals surface area contributed by atoms with Gasteiger partial charge in [0.05, 0.1) is 10.4 Å². The van der Waals surface area contributed by atoms with Crippen LogP contribution in [-0.4, -0.2) is 4.98 Å². The molecule has 0 aliphatic carbocycles. The molecule has 2 aromatic rings. The van der Waals surface area contributed by atoms with E-state index in [1.54, 1.807) is 18.3 Å². The van der Waals surface area contributed by atoms with E-state index in [4.69, 9.17) is 23.2 Å². The summed E-state index contributed by atoms with van der Waals surface area (Å²) in [5.74, 6) is -0.413. The zero-order chi connectivity index (χ0) is 13.1. The molecule has 2 rings (SSSR count). The maximum Gasteiger partial charge on any atom is 0.141 e. The van der Waals surface area contributed by atoms with E-state index in [-0.39, 0.29) is 16.3 Å². The first kappa shape index (κ1) is 13.3. The zero-order valence-electron chi connectivity index (χ0n) is 9.78. The number of pyridine rings is 1. The fourth-order valence-electron chi connectivity index (χ4n) is 1.77. The van der Waals surface area contributed by atoms with Gasteiger partial charge in [0.25, 0.3) is 0 Å². The normalized spacial score (nSPS) is 14.2. The molecule has 0 N–H and O–H groups in total. The molecule has 1 aromatic carbocycles. The average Bonchev–Trinajstić information content (AvgIpc) is 2.41. The Kier molecular flexibility index (Phi) is 4.20. The van der Waals surface area contributed by atoms with Crippen LogP contribution in [0.1, 0.15) is 29.5 Å². The first-order valence-electron chi connectivity index (χ1n) is 5.59. The summed E-state index contributed by atoms with van der Waals surface area (Å²) in [7, 11) is 0. The minimum atomic E-state index is -0.435.